The fourth-order valence-electron chi connectivity index (χ4n) is 4.94. The molecule has 3 aliphatic rings. The predicted octanol–water partition coefficient (Wildman–Crippen LogP) is 2.67. The minimum Gasteiger partial charge on any atom is -0.390 e. The summed E-state index contributed by atoms with van der Waals surface area (Å²) >= 11 is 0. The zero-order chi connectivity index (χ0) is 16.3. The molecule has 4 atom stereocenters. The van der Waals surface area contributed by atoms with Gasteiger partial charge in [0.1, 0.15) is 0 Å². The number of nitrogens with one attached hydrogen (secondary N) is 1. The number of hydrogen-bond acceptors (Lipinski definition) is 2. The molecule has 0 saturated heterocycles. The zero-order valence-corrected chi connectivity index (χ0v) is 13.5. The van der Waals surface area contributed by atoms with Crippen LogP contribution < -0.4 is 5.32 Å². The van der Waals surface area contributed by atoms with Crippen LogP contribution in [-0.4, -0.2) is 17.1 Å². The SMILES string of the molecule is O=C(N[C@@H]1c2ccccc2C[C@@H]1O)C1CC12CCc1ccccc12. The Hall–Kier alpha value is -2.13. The summed E-state index contributed by atoms with van der Waals surface area (Å²) in [6.07, 6.45) is 3.21. The fraction of sp³-hybridized carbons (Fsp3) is 0.381. The van der Waals surface area contributed by atoms with E-state index < -0.39 is 6.10 Å². The average Bonchev–Trinajstić information content (AvgIpc) is 3.10. The van der Waals surface area contributed by atoms with Crippen molar-refractivity contribution in [3.63, 3.8) is 0 Å². The second kappa shape index (κ2) is 4.93. The van der Waals surface area contributed by atoms with E-state index in [9.17, 15) is 9.90 Å². The Morgan fingerprint density at radius 3 is 2.71 bits per heavy atom. The summed E-state index contributed by atoms with van der Waals surface area (Å²) in [4.78, 5) is 12.9. The summed E-state index contributed by atoms with van der Waals surface area (Å²) in [5.41, 5.74) is 5.05. The van der Waals surface area contributed by atoms with E-state index in [-0.39, 0.29) is 23.3 Å². The normalized spacial score (nSPS) is 32.5. The molecular weight excluding hydrogens is 298 g/mol. The van der Waals surface area contributed by atoms with E-state index in [1.807, 2.05) is 24.3 Å². The van der Waals surface area contributed by atoms with Gasteiger partial charge in [-0.05, 0) is 41.5 Å². The number of amides is 1. The van der Waals surface area contributed by atoms with Gasteiger partial charge in [-0.3, -0.25) is 4.79 Å². The molecule has 0 aliphatic heterocycles. The largest absolute Gasteiger partial charge is 0.390 e. The van der Waals surface area contributed by atoms with Crippen LogP contribution in [0.15, 0.2) is 48.5 Å². The summed E-state index contributed by atoms with van der Waals surface area (Å²) in [5, 5.41) is 13.5. The predicted molar refractivity (Wildman–Crippen MR) is 91.6 cm³/mol. The zero-order valence-electron chi connectivity index (χ0n) is 13.5. The molecule has 1 fully saturated rings. The van der Waals surface area contributed by atoms with Gasteiger partial charge < -0.3 is 10.4 Å². The van der Waals surface area contributed by atoms with Gasteiger partial charge in [0.05, 0.1) is 12.1 Å². The lowest BCUT2D eigenvalue weighted by Gasteiger charge is -2.19. The van der Waals surface area contributed by atoms with Crippen LogP contribution >= 0.6 is 0 Å². The maximum atomic E-state index is 12.9. The molecule has 2 unspecified atom stereocenters. The Morgan fingerprint density at radius 1 is 1.08 bits per heavy atom. The number of carbonyl (C=O) groups is 1. The molecule has 5 rings (SSSR count). The third-order valence-electron chi connectivity index (χ3n) is 6.29. The second-order valence-electron chi connectivity index (χ2n) is 7.53. The van der Waals surface area contributed by atoms with E-state index in [0.717, 1.165) is 30.4 Å². The van der Waals surface area contributed by atoms with Crippen LogP contribution in [0.25, 0.3) is 0 Å². The first-order chi connectivity index (χ1) is 11.7. The van der Waals surface area contributed by atoms with E-state index in [4.69, 9.17) is 0 Å². The van der Waals surface area contributed by atoms with Crippen molar-refractivity contribution in [2.45, 2.75) is 43.2 Å². The Bertz CT molecular complexity index is 830. The molecule has 0 radical (unpaired) electrons. The van der Waals surface area contributed by atoms with Gasteiger partial charge in [-0.15, -0.1) is 0 Å². The van der Waals surface area contributed by atoms with Crippen molar-refractivity contribution in [1.82, 2.24) is 5.32 Å². The molecule has 2 N–H and O–H groups in total. The van der Waals surface area contributed by atoms with Gasteiger partial charge in [0.15, 0.2) is 0 Å². The van der Waals surface area contributed by atoms with Crippen molar-refractivity contribution >= 4 is 5.91 Å². The summed E-state index contributed by atoms with van der Waals surface area (Å²) in [6, 6.07) is 16.3. The number of aliphatic hydroxyl groups excluding tert-OH is 1. The highest BCUT2D eigenvalue weighted by Gasteiger charge is 2.61. The smallest absolute Gasteiger partial charge is 0.224 e. The summed E-state index contributed by atoms with van der Waals surface area (Å²) < 4.78 is 0. The molecule has 3 aliphatic carbocycles. The van der Waals surface area contributed by atoms with Crippen LogP contribution in [-0.2, 0) is 23.1 Å². The van der Waals surface area contributed by atoms with Crippen LogP contribution in [0.3, 0.4) is 0 Å². The van der Waals surface area contributed by atoms with E-state index in [0.29, 0.717) is 6.42 Å². The molecule has 1 spiro atoms. The van der Waals surface area contributed by atoms with Gasteiger partial charge >= 0.3 is 0 Å². The molecule has 122 valence electrons. The third kappa shape index (κ3) is 1.91. The maximum absolute atomic E-state index is 12.9. The first-order valence-corrected chi connectivity index (χ1v) is 8.84. The van der Waals surface area contributed by atoms with Crippen LogP contribution in [0.5, 0.6) is 0 Å². The third-order valence-corrected chi connectivity index (χ3v) is 6.29. The van der Waals surface area contributed by atoms with E-state index in [2.05, 4.69) is 29.6 Å². The Labute approximate surface area is 141 Å². The quantitative estimate of drug-likeness (QED) is 0.894. The number of fused-ring (bicyclic) bond motifs is 3. The van der Waals surface area contributed by atoms with Gasteiger partial charge in [0.25, 0.3) is 0 Å². The number of aliphatic hydroxyl groups is 1. The van der Waals surface area contributed by atoms with Crippen LogP contribution in [0.2, 0.25) is 0 Å². The molecule has 0 aromatic heterocycles. The molecule has 24 heavy (non-hydrogen) atoms. The summed E-state index contributed by atoms with van der Waals surface area (Å²) in [7, 11) is 0. The lowest BCUT2D eigenvalue weighted by molar-refractivity contribution is -0.124. The van der Waals surface area contributed by atoms with Crippen LogP contribution in [0.1, 0.15) is 41.1 Å². The van der Waals surface area contributed by atoms with Gasteiger partial charge in [-0.25, -0.2) is 0 Å². The molecule has 3 heteroatoms. The van der Waals surface area contributed by atoms with Crippen molar-refractivity contribution in [1.29, 1.82) is 0 Å². The van der Waals surface area contributed by atoms with Crippen molar-refractivity contribution in [2.24, 2.45) is 5.92 Å². The lowest BCUT2D eigenvalue weighted by atomic mass is 9.95. The Morgan fingerprint density at radius 2 is 1.83 bits per heavy atom. The lowest BCUT2D eigenvalue weighted by Crippen LogP contribution is -2.36. The number of aryl methyl sites for hydroxylation is 1. The number of hydrogen-bond donors (Lipinski definition) is 2. The number of benzene rings is 2. The number of carbonyl (C=O) groups excluding carboxylic acids is 1. The molecule has 0 heterocycles. The first kappa shape index (κ1) is 14.2. The minimum atomic E-state index is -0.517. The topological polar surface area (TPSA) is 49.3 Å². The first-order valence-electron chi connectivity index (χ1n) is 8.84. The van der Waals surface area contributed by atoms with Gasteiger partial charge in [-0.1, -0.05) is 48.5 Å². The van der Waals surface area contributed by atoms with E-state index >= 15 is 0 Å². The molecule has 1 saturated carbocycles. The summed E-state index contributed by atoms with van der Waals surface area (Å²) in [6.45, 7) is 0. The minimum absolute atomic E-state index is 0.0566. The van der Waals surface area contributed by atoms with Crippen molar-refractivity contribution in [3.05, 3.63) is 70.8 Å². The molecule has 0 bridgehead atoms. The highest BCUT2D eigenvalue weighted by molar-refractivity contribution is 5.85. The van der Waals surface area contributed by atoms with Crippen molar-refractivity contribution < 1.29 is 9.90 Å². The summed E-state index contributed by atoms with van der Waals surface area (Å²) in [5.74, 6) is 0.161. The van der Waals surface area contributed by atoms with Gasteiger partial charge in [0.2, 0.25) is 5.91 Å². The fourth-order valence-corrected chi connectivity index (χ4v) is 4.94. The second-order valence-corrected chi connectivity index (χ2v) is 7.53. The average molecular weight is 319 g/mol. The highest BCUT2D eigenvalue weighted by Crippen LogP contribution is 2.61. The maximum Gasteiger partial charge on any atom is 0.224 e. The van der Waals surface area contributed by atoms with Crippen molar-refractivity contribution in [2.75, 3.05) is 0 Å². The van der Waals surface area contributed by atoms with Crippen LogP contribution in [0.4, 0.5) is 0 Å². The highest BCUT2D eigenvalue weighted by atomic mass is 16.3. The molecular formula is C21H21NO2. The van der Waals surface area contributed by atoms with Gasteiger partial charge in [0, 0.05) is 17.8 Å². The molecule has 2 aromatic rings. The Kier molecular flexibility index (Phi) is 2.93. The number of rotatable bonds is 2. The standard InChI is InChI=1S/C21H21NO2/c23-18-11-14-6-1-3-7-15(14)19(18)22-20(24)17-12-21(17)10-9-13-5-2-4-8-16(13)21/h1-8,17-19,23H,9-12H2,(H,22,24)/t17?,18-,19+,21?/m0/s1. The van der Waals surface area contributed by atoms with Crippen molar-refractivity contribution in [3.8, 4) is 0 Å². The molecule has 2 aromatic carbocycles. The van der Waals surface area contributed by atoms with Gasteiger partial charge in [-0.2, -0.15) is 0 Å². The Balaban J connectivity index is 1.37. The molecule has 3 nitrogen and oxygen atoms in total. The monoisotopic (exact) mass is 319 g/mol. The molecule has 1 amide bonds. The van der Waals surface area contributed by atoms with E-state index in [1.54, 1.807) is 0 Å². The van der Waals surface area contributed by atoms with E-state index in [1.165, 1.54) is 11.1 Å². The van der Waals surface area contributed by atoms with Crippen LogP contribution in [0, 0.1) is 5.92 Å².